The maximum atomic E-state index is 13.9. The number of imidazole rings is 1. The van der Waals surface area contributed by atoms with E-state index in [1.165, 1.54) is 6.07 Å². The van der Waals surface area contributed by atoms with Gasteiger partial charge in [0.1, 0.15) is 11.3 Å². The molecule has 19 heavy (non-hydrogen) atoms. The molecule has 0 amide bonds. The van der Waals surface area contributed by atoms with E-state index in [-0.39, 0.29) is 11.4 Å². The van der Waals surface area contributed by atoms with Crippen molar-refractivity contribution in [3.05, 3.63) is 29.8 Å². The van der Waals surface area contributed by atoms with Crippen LogP contribution in [-0.4, -0.2) is 9.55 Å². The first-order valence-electron chi connectivity index (χ1n) is 7.10. The zero-order valence-electron chi connectivity index (χ0n) is 11.3. The van der Waals surface area contributed by atoms with E-state index < -0.39 is 0 Å². The summed E-state index contributed by atoms with van der Waals surface area (Å²) in [6.45, 7) is 2.96. The van der Waals surface area contributed by atoms with Crippen molar-refractivity contribution < 1.29 is 4.39 Å². The molecule has 1 aliphatic rings. The Kier molecular flexibility index (Phi) is 3.05. The summed E-state index contributed by atoms with van der Waals surface area (Å²) in [5, 5.41) is 0. The third-order valence-electron chi connectivity index (χ3n) is 4.12. The van der Waals surface area contributed by atoms with Crippen molar-refractivity contribution in [3.63, 3.8) is 0 Å². The summed E-state index contributed by atoms with van der Waals surface area (Å²) in [7, 11) is 0. The summed E-state index contributed by atoms with van der Waals surface area (Å²) in [6, 6.07) is 5.14. The molecule has 1 fully saturated rings. The second-order valence-corrected chi connectivity index (χ2v) is 5.56. The lowest BCUT2D eigenvalue weighted by Gasteiger charge is -2.24. The third-order valence-corrected chi connectivity index (χ3v) is 4.12. The van der Waals surface area contributed by atoms with Gasteiger partial charge in [0.05, 0.1) is 11.1 Å². The van der Waals surface area contributed by atoms with E-state index in [4.69, 9.17) is 5.73 Å². The van der Waals surface area contributed by atoms with E-state index in [0.29, 0.717) is 5.52 Å². The molecule has 4 heteroatoms. The Morgan fingerprint density at radius 2 is 2.11 bits per heavy atom. The van der Waals surface area contributed by atoms with Crippen LogP contribution in [0.4, 0.5) is 4.39 Å². The monoisotopic (exact) mass is 261 g/mol. The van der Waals surface area contributed by atoms with Crippen LogP contribution in [0.1, 0.15) is 44.9 Å². The largest absolute Gasteiger partial charge is 0.326 e. The van der Waals surface area contributed by atoms with Gasteiger partial charge in [0.25, 0.3) is 0 Å². The minimum atomic E-state index is -0.374. The molecule has 2 N–H and O–H groups in total. The molecule has 1 heterocycles. The molecule has 1 saturated carbocycles. The molecule has 1 aromatic carbocycles. The summed E-state index contributed by atoms with van der Waals surface area (Å²) in [4.78, 5) is 4.55. The number of rotatable bonds is 3. The van der Waals surface area contributed by atoms with Crippen LogP contribution in [0.5, 0.6) is 0 Å². The minimum absolute atomic E-state index is 0.254. The van der Waals surface area contributed by atoms with Gasteiger partial charge in [-0.3, -0.25) is 0 Å². The van der Waals surface area contributed by atoms with E-state index in [2.05, 4.69) is 16.5 Å². The van der Waals surface area contributed by atoms with E-state index in [9.17, 15) is 4.39 Å². The number of aromatic nitrogens is 2. The summed E-state index contributed by atoms with van der Waals surface area (Å²) in [6.07, 6.45) is 5.15. The van der Waals surface area contributed by atoms with Gasteiger partial charge in [-0.1, -0.05) is 25.8 Å². The van der Waals surface area contributed by atoms with E-state index >= 15 is 0 Å². The van der Waals surface area contributed by atoms with Crippen LogP contribution in [0.2, 0.25) is 0 Å². The number of hydrogen-bond acceptors (Lipinski definition) is 2. The van der Waals surface area contributed by atoms with Crippen LogP contribution in [-0.2, 0) is 12.1 Å². The van der Waals surface area contributed by atoms with Gasteiger partial charge in [0.2, 0.25) is 0 Å². The van der Waals surface area contributed by atoms with Crippen LogP contribution in [0.25, 0.3) is 11.0 Å². The summed E-state index contributed by atoms with van der Waals surface area (Å²) in [5.41, 5.74) is 7.48. The number of benzene rings is 1. The topological polar surface area (TPSA) is 43.8 Å². The van der Waals surface area contributed by atoms with Gasteiger partial charge in [-0.15, -0.1) is 0 Å². The number of nitrogens with zero attached hydrogens (tertiary/aromatic N) is 2. The van der Waals surface area contributed by atoms with Crippen LogP contribution < -0.4 is 5.73 Å². The number of halogens is 1. The van der Waals surface area contributed by atoms with Crippen LogP contribution >= 0.6 is 0 Å². The van der Waals surface area contributed by atoms with Crippen molar-refractivity contribution in [2.75, 3.05) is 0 Å². The summed E-state index contributed by atoms with van der Waals surface area (Å²) in [5.74, 6) is 0.613. The van der Waals surface area contributed by atoms with Gasteiger partial charge >= 0.3 is 0 Å². The molecular formula is C15H20FN3. The average molecular weight is 261 g/mol. The SMILES string of the molecule is CCCn1c(C2(N)CCCC2)nc2c(F)cccc21. The molecule has 0 spiro atoms. The quantitative estimate of drug-likeness (QED) is 0.921. The molecular weight excluding hydrogens is 241 g/mol. The highest BCUT2D eigenvalue weighted by atomic mass is 19.1. The Morgan fingerprint density at radius 1 is 1.37 bits per heavy atom. The first kappa shape index (κ1) is 12.6. The van der Waals surface area contributed by atoms with Crippen LogP contribution in [0.3, 0.4) is 0 Å². The highest BCUT2D eigenvalue weighted by Crippen LogP contribution is 2.37. The number of aryl methyl sites for hydroxylation is 1. The lowest BCUT2D eigenvalue weighted by atomic mass is 9.98. The Hall–Kier alpha value is -1.42. The summed E-state index contributed by atoms with van der Waals surface area (Å²) >= 11 is 0. The number of nitrogens with two attached hydrogens (primary N) is 1. The predicted molar refractivity (Wildman–Crippen MR) is 74.3 cm³/mol. The van der Waals surface area contributed by atoms with Gasteiger partial charge in [0, 0.05) is 6.54 Å². The van der Waals surface area contributed by atoms with Crippen molar-refractivity contribution in [3.8, 4) is 0 Å². The molecule has 0 bridgehead atoms. The predicted octanol–water partition coefficient (Wildman–Crippen LogP) is 3.31. The third kappa shape index (κ3) is 1.94. The highest BCUT2D eigenvalue weighted by molar-refractivity contribution is 5.77. The fourth-order valence-electron chi connectivity index (χ4n) is 3.17. The molecule has 3 rings (SSSR count). The molecule has 3 nitrogen and oxygen atoms in total. The molecule has 0 atom stereocenters. The first-order chi connectivity index (χ1) is 9.15. The smallest absolute Gasteiger partial charge is 0.151 e. The standard InChI is InChI=1S/C15H20FN3/c1-2-10-19-12-7-5-6-11(16)13(12)18-14(19)15(17)8-3-4-9-15/h5-7H,2-4,8-10,17H2,1H3. The molecule has 102 valence electrons. The maximum Gasteiger partial charge on any atom is 0.151 e. The Morgan fingerprint density at radius 3 is 2.79 bits per heavy atom. The maximum absolute atomic E-state index is 13.9. The van der Waals surface area contributed by atoms with Gasteiger partial charge in [-0.2, -0.15) is 0 Å². The van der Waals surface area contributed by atoms with Crippen molar-refractivity contribution in [1.82, 2.24) is 9.55 Å². The first-order valence-corrected chi connectivity index (χ1v) is 7.10. The molecule has 2 aromatic rings. The van der Waals surface area contributed by atoms with Crippen molar-refractivity contribution in [2.24, 2.45) is 5.73 Å². The van der Waals surface area contributed by atoms with E-state index in [1.54, 1.807) is 6.07 Å². The van der Waals surface area contributed by atoms with Crippen LogP contribution in [0, 0.1) is 5.82 Å². The molecule has 0 unspecified atom stereocenters. The van der Waals surface area contributed by atoms with Crippen molar-refractivity contribution >= 4 is 11.0 Å². The van der Waals surface area contributed by atoms with Gasteiger partial charge < -0.3 is 10.3 Å². The van der Waals surface area contributed by atoms with Crippen LogP contribution in [0.15, 0.2) is 18.2 Å². The second kappa shape index (κ2) is 4.60. The lowest BCUT2D eigenvalue weighted by Crippen LogP contribution is -2.36. The molecule has 0 saturated heterocycles. The van der Waals surface area contributed by atoms with Gasteiger partial charge in [0.15, 0.2) is 5.82 Å². The lowest BCUT2D eigenvalue weighted by molar-refractivity contribution is 0.409. The minimum Gasteiger partial charge on any atom is -0.326 e. The van der Waals surface area contributed by atoms with Gasteiger partial charge in [-0.25, -0.2) is 9.37 Å². The van der Waals surface area contributed by atoms with Crippen molar-refractivity contribution in [2.45, 2.75) is 51.1 Å². The number of fused-ring (bicyclic) bond motifs is 1. The average Bonchev–Trinajstić information content (AvgIpc) is 2.97. The summed E-state index contributed by atoms with van der Waals surface area (Å²) < 4.78 is 16.0. The zero-order valence-corrected chi connectivity index (χ0v) is 11.3. The fourth-order valence-corrected chi connectivity index (χ4v) is 3.17. The molecule has 1 aromatic heterocycles. The Bertz CT molecular complexity index is 597. The van der Waals surface area contributed by atoms with Crippen molar-refractivity contribution in [1.29, 1.82) is 0 Å². The Balaban J connectivity index is 2.22. The molecule has 0 radical (unpaired) electrons. The fraction of sp³-hybridized carbons (Fsp3) is 0.533. The van der Waals surface area contributed by atoms with E-state index in [0.717, 1.165) is 50.0 Å². The molecule has 0 aliphatic heterocycles. The van der Waals surface area contributed by atoms with Gasteiger partial charge in [-0.05, 0) is 31.4 Å². The molecule has 1 aliphatic carbocycles. The highest BCUT2D eigenvalue weighted by Gasteiger charge is 2.36. The zero-order chi connectivity index (χ0) is 13.5. The second-order valence-electron chi connectivity index (χ2n) is 5.56. The Labute approximate surface area is 112 Å². The number of hydrogen-bond donors (Lipinski definition) is 1. The number of para-hydroxylation sites is 1. The normalized spacial score (nSPS) is 18.3. The van der Waals surface area contributed by atoms with E-state index in [1.807, 2.05) is 6.07 Å².